The lowest BCUT2D eigenvalue weighted by Crippen LogP contribution is -2.07. The Morgan fingerprint density at radius 1 is 1.44 bits per heavy atom. The molecule has 0 saturated carbocycles. The maximum Gasteiger partial charge on any atom is 0.171 e. The van der Waals surface area contributed by atoms with Crippen molar-refractivity contribution in [2.45, 2.75) is 20.3 Å². The van der Waals surface area contributed by atoms with Gasteiger partial charge in [0.1, 0.15) is 5.82 Å². The van der Waals surface area contributed by atoms with E-state index < -0.39 is 0 Å². The highest BCUT2D eigenvalue weighted by molar-refractivity contribution is 14.1. The molecule has 96 valence electrons. The predicted octanol–water partition coefficient (Wildman–Crippen LogP) is 4.70. The van der Waals surface area contributed by atoms with E-state index in [4.69, 9.17) is 0 Å². The van der Waals surface area contributed by atoms with Crippen molar-refractivity contribution in [2.24, 2.45) is 0 Å². The Balaban J connectivity index is 2.40. The van der Waals surface area contributed by atoms with Gasteiger partial charge in [-0.15, -0.1) is 11.3 Å². The first kappa shape index (κ1) is 14.2. The molecule has 0 aliphatic carbocycles. The first-order chi connectivity index (χ1) is 8.61. The van der Waals surface area contributed by atoms with Crippen LogP contribution in [0.4, 0.5) is 5.82 Å². The lowest BCUT2D eigenvalue weighted by molar-refractivity contribution is 0.959. The number of thiophene rings is 1. The van der Waals surface area contributed by atoms with Crippen LogP contribution in [0.5, 0.6) is 0 Å². The highest BCUT2D eigenvalue weighted by Gasteiger charge is 2.11. The fourth-order valence-corrected chi connectivity index (χ4v) is 3.25. The third-order valence-corrected chi connectivity index (χ3v) is 5.33. The standard InChI is InChI=1S/C12H13BrIN3S/c1-3-4-15-12-10(14)7(2)16-11(17-12)9-5-8(13)6-18-9/h5-6H,3-4H2,1-2H3,(H,15,16,17). The zero-order valence-corrected chi connectivity index (χ0v) is 14.7. The number of halogens is 2. The van der Waals surface area contributed by atoms with Crippen LogP contribution in [-0.4, -0.2) is 16.5 Å². The summed E-state index contributed by atoms with van der Waals surface area (Å²) in [5.41, 5.74) is 1.02. The molecule has 0 spiro atoms. The minimum absolute atomic E-state index is 0.794. The molecule has 1 N–H and O–H groups in total. The topological polar surface area (TPSA) is 37.8 Å². The normalized spacial score (nSPS) is 10.7. The van der Waals surface area contributed by atoms with E-state index >= 15 is 0 Å². The molecule has 0 aromatic carbocycles. The summed E-state index contributed by atoms with van der Waals surface area (Å²) in [6.07, 6.45) is 1.08. The summed E-state index contributed by atoms with van der Waals surface area (Å²) in [5, 5.41) is 5.40. The van der Waals surface area contributed by atoms with Gasteiger partial charge in [-0.1, -0.05) is 6.92 Å². The average molecular weight is 438 g/mol. The molecule has 0 saturated heterocycles. The number of nitrogens with one attached hydrogen (secondary N) is 1. The lowest BCUT2D eigenvalue weighted by Gasteiger charge is -2.09. The fourth-order valence-electron chi connectivity index (χ4n) is 1.46. The molecule has 0 radical (unpaired) electrons. The predicted molar refractivity (Wildman–Crippen MR) is 89.3 cm³/mol. The lowest BCUT2D eigenvalue weighted by atomic mass is 10.3. The van der Waals surface area contributed by atoms with Gasteiger partial charge in [-0.3, -0.25) is 0 Å². The molecular weight excluding hydrogens is 425 g/mol. The summed E-state index contributed by atoms with van der Waals surface area (Å²) >= 11 is 7.40. The Kier molecular flexibility index (Phi) is 4.97. The summed E-state index contributed by atoms with van der Waals surface area (Å²) in [7, 11) is 0. The Morgan fingerprint density at radius 3 is 2.83 bits per heavy atom. The van der Waals surface area contributed by atoms with E-state index in [0.29, 0.717) is 0 Å². The smallest absolute Gasteiger partial charge is 0.171 e. The van der Waals surface area contributed by atoms with Crippen LogP contribution in [-0.2, 0) is 0 Å². The molecule has 0 amide bonds. The van der Waals surface area contributed by atoms with Gasteiger partial charge < -0.3 is 5.32 Å². The molecule has 2 aromatic rings. The second kappa shape index (κ2) is 6.29. The van der Waals surface area contributed by atoms with Crippen molar-refractivity contribution < 1.29 is 0 Å². The van der Waals surface area contributed by atoms with E-state index in [1.54, 1.807) is 11.3 Å². The molecule has 0 bridgehead atoms. The van der Waals surface area contributed by atoms with Gasteiger partial charge >= 0.3 is 0 Å². The molecule has 0 fully saturated rings. The second-order valence-corrected chi connectivity index (χ2v) is 6.76. The van der Waals surface area contributed by atoms with Crippen LogP contribution in [0.2, 0.25) is 0 Å². The first-order valence-electron chi connectivity index (χ1n) is 5.64. The summed E-state index contributed by atoms with van der Waals surface area (Å²) < 4.78 is 2.17. The molecular formula is C12H13BrIN3S. The van der Waals surface area contributed by atoms with Gasteiger partial charge in [0, 0.05) is 16.4 Å². The van der Waals surface area contributed by atoms with Crippen LogP contribution >= 0.6 is 49.9 Å². The van der Waals surface area contributed by atoms with Crippen LogP contribution in [0.15, 0.2) is 15.9 Å². The Morgan fingerprint density at radius 2 is 2.22 bits per heavy atom. The monoisotopic (exact) mass is 437 g/mol. The summed E-state index contributed by atoms with van der Waals surface area (Å²) in [4.78, 5) is 10.3. The molecule has 2 aromatic heterocycles. The van der Waals surface area contributed by atoms with Crippen molar-refractivity contribution in [3.63, 3.8) is 0 Å². The Labute approximate surface area is 133 Å². The molecule has 0 atom stereocenters. The van der Waals surface area contributed by atoms with Crippen molar-refractivity contribution in [3.05, 3.63) is 25.2 Å². The Bertz CT molecular complexity index is 556. The minimum Gasteiger partial charge on any atom is -0.369 e. The van der Waals surface area contributed by atoms with Gasteiger partial charge in [0.15, 0.2) is 5.82 Å². The van der Waals surface area contributed by atoms with E-state index in [0.717, 1.165) is 43.2 Å². The fraction of sp³-hybridized carbons (Fsp3) is 0.333. The van der Waals surface area contributed by atoms with Crippen molar-refractivity contribution >= 4 is 55.7 Å². The SMILES string of the molecule is CCCNc1nc(-c2cc(Br)cs2)nc(C)c1I. The van der Waals surface area contributed by atoms with E-state index in [2.05, 4.69) is 66.8 Å². The molecule has 2 rings (SSSR count). The number of hydrogen-bond acceptors (Lipinski definition) is 4. The summed E-state index contributed by atoms with van der Waals surface area (Å²) in [5.74, 6) is 1.73. The summed E-state index contributed by atoms with van der Waals surface area (Å²) in [6, 6.07) is 2.05. The average Bonchev–Trinajstić information content (AvgIpc) is 2.77. The van der Waals surface area contributed by atoms with Crippen molar-refractivity contribution in [1.29, 1.82) is 0 Å². The molecule has 3 nitrogen and oxygen atoms in total. The van der Waals surface area contributed by atoms with Crippen LogP contribution in [0.25, 0.3) is 10.7 Å². The van der Waals surface area contributed by atoms with Gasteiger partial charge in [-0.2, -0.15) is 0 Å². The number of rotatable bonds is 4. The van der Waals surface area contributed by atoms with Gasteiger partial charge in [0.05, 0.1) is 14.1 Å². The van der Waals surface area contributed by atoms with Crippen molar-refractivity contribution in [3.8, 4) is 10.7 Å². The van der Waals surface area contributed by atoms with E-state index in [1.807, 2.05) is 12.3 Å². The van der Waals surface area contributed by atoms with Crippen LogP contribution in [0, 0.1) is 10.5 Å². The number of aryl methyl sites for hydroxylation is 1. The third kappa shape index (κ3) is 3.21. The van der Waals surface area contributed by atoms with Crippen LogP contribution in [0.1, 0.15) is 19.0 Å². The zero-order chi connectivity index (χ0) is 13.1. The van der Waals surface area contributed by atoms with Gasteiger partial charge in [0.25, 0.3) is 0 Å². The molecule has 2 heterocycles. The largest absolute Gasteiger partial charge is 0.369 e. The minimum atomic E-state index is 0.794. The van der Waals surface area contributed by atoms with E-state index in [9.17, 15) is 0 Å². The number of hydrogen-bond donors (Lipinski definition) is 1. The third-order valence-electron chi connectivity index (χ3n) is 2.35. The number of nitrogens with zero attached hydrogens (tertiary/aromatic N) is 2. The molecule has 6 heteroatoms. The van der Waals surface area contributed by atoms with Gasteiger partial charge in [-0.05, 0) is 57.9 Å². The van der Waals surface area contributed by atoms with E-state index in [1.165, 1.54) is 0 Å². The second-order valence-electron chi connectivity index (χ2n) is 3.85. The van der Waals surface area contributed by atoms with Gasteiger partial charge in [0.2, 0.25) is 0 Å². The van der Waals surface area contributed by atoms with E-state index in [-0.39, 0.29) is 0 Å². The highest BCUT2D eigenvalue weighted by Crippen LogP contribution is 2.30. The van der Waals surface area contributed by atoms with Crippen LogP contribution in [0.3, 0.4) is 0 Å². The molecule has 0 aliphatic heterocycles. The summed E-state index contributed by atoms with van der Waals surface area (Å²) in [6.45, 7) is 5.10. The highest BCUT2D eigenvalue weighted by atomic mass is 127. The zero-order valence-electron chi connectivity index (χ0n) is 10.1. The van der Waals surface area contributed by atoms with Crippen molar-refractivity contribution in [2.75, 3.05) is 11.9 Å². The van der Waals surface area contributed by atoms with Crippen LogP contribution < -0.4 is 5.32 Å². The maximum atomic E-state index is 4.61. The Hall–Kier alpha value is -0.210. The van der Waals surface area contributed by atoms with Crippen molar-refractivity contribution in [1.82, 2.24) is 9.97 Å². The molecule has 0 unspecified atom stereocenters. The molecule has 18 heavy (non-hydrogen) atoms. The maximum absolute atomic E-state index is 4.61. The first-order valence-corrected chi connectivity index (χ1v) is 8.39. The van der Waals surface area contributed by atoms with Gasteiger partial charge in [-0.25, -0.2) is 9.97 Å². The molecule has 0 aliphatic rings. The number of aromatic nitrogens is 2. The quantitative estimate of drug-likeness (QED) is 0.704. The number of anilines is 1.